The second-order valence-electron chi connectivity index (χ2n) is 4.88. The highest BCUT2D eigenvalue weighted by Crippen LogP contribution is 2.12. The topological polar surface area (TPSA) is 29.1 Å². The number of carbonyl (C=O) groups is 1. The highest BCUT2D eigenvalue weighted by atomic mass is 19.1. The van der Waals surface area contributed by atoms with E-state index in [1.54, 1.807) is 6.07 Å². The number of halogens is 1. The van der Waals surface area contributed by atoms with Crippen molar-refractivity contribution in [2.75, 3.05) is 6.54 Å². The Morgan fingerprint density at radius 3 is 2.65 bits per heavy atom. The minimum atomic E-state index is -0.247. The molecule has 0 spiro atoms. The molecule has 2 aromatic rings. The molecule has 1 N–H and O–H groups in total. The fourth-order valence-corrected chi connectivity index (χ4v) is 2.11. The maximum atomic E-state index is 13.0. The lowest BCUT2D eigenvalue weighted by Gasteiger charge is -2.09. The summed E-state index contributed by atoms with van der Waals surface area (Å²) in [5.41, 5.74) is 3.68. The van der Waals surface area contributed by atoms with Crippen LogP contribution in [0.25, 0.3) is 0 Å². The minimum absolute atomic E-state index is 0.0809. The van der Waals surface area contributed by atoms with Gasteiger partial charge >= 0.3 is 0 Å². The molecule has 0 aliphatic rings. The molecule has 2 rings (SSSR count). The first-order valence-corrected chi connectivity index (χ1v) is 6.67. The summed E-state index contributed by atoms with van der Waals surface area (Å²) in [4.78, 5) is 12.1. The van der Waals surface area contributed by atoms with Crippen molar-refractivity contribution in [2.45, 2.75) is 20.3 Å². The summed E-state index contributed by atoms with van der Waals surface area (Å²) in [7, 11) is 0. The monoisotopic (exact) mass is 271 g/mol. The van der Waals surface area contributed by atoms with E-state index >= 15 is 0 Å². The van der Waals surface area contributed by atoms with Gasteiger partial charge in [0.05, 0.1) is 0 Å². The van der Waals surface area contributed by atoms with Gasteiger partial charge < -0.3 is 5.32 Å². The molecule has 0 heterocycles. The molecule has 1 amide bonds. The normalized spacial score (nSPS) is 10.3. The predicted octanol–water partition coefficient (Wildman–Crippen LogP) is 3.42. The van der Waals surface area contributed by atoms with Crippen LogP contribution >= 0.6 is 0 Å². The van der Waals surface area contributed by atoms with E-state index in [1.807, 2.05) is 38.1 Å². The molecule has 0 saturated carbocycles. The molecule has 0 saturated heterocycles. The molecule has 0 fully saturated rings. The van der Waals surface area contributed by atoms with Gasteiger partial charge in [0.2, 0.25) is 0 Å². The van der Waals surface area contributed by atoms with Gasteiger partial charge in [-0.25, -0.2) is 4.39 Å². The van der Waals surface area contributed by atoms with Gasteiger partial charge in [-0.15, -0.1) is 0 Å². The molecule has 104 valence electrons. The van der Waals surface area contributed by atoms with Crippen LogP contribution in [0.3, 0.4) is 0 Å². The number of hydrogen-bond acceptors (Lipinski definition) is 1. The van der Waals surface area contributed by atoms with Gasteiger partial charge in [-0.1, -0.05) is 24.3 Å². The van der Waals surface area contributed by atoms with Crippen molar-refractivity contribution in [3.8, 4) is 0 Å². The number of nitrogens with one attached hydrogen (secondary N) is 1. The van der Waals surface area contributed by atoms with Crippen LogP contribution in [0, 0.1) is 19.7 Å². The van der Waals surface area contributed by atoms with E-state index in [9.17, 15) is 9.18 Å². The quantitative estimate of drug-likeness (QED) is 0.907. The predicted molar refractivity (Wildman–Crippen MR) is 78.4 cm³/mol. The lowest BCUT2D eigenvalue weighted by Crippen LogP contribution is -2.26. The zero-order valence-electron chi connectivity index (χ0n) is 11.7. The Kier molecular flexibility index (Phi) is 4.51. The summed E-state index contributed by atoms with van der Waals surface area (Å²) in [5.74, 6) is -0.328. The first-order valence-electron chi connectivity index (χ1n) is 6.67. The van der Waals surface area contributed by atoms with Crippen molar-refractivity contribution in [3.63, 3.8) is 0 Å². The summed E-state index contributed by atoms with van der Waals surface area (Å²) in [5, 5.41) is 2.87. The molecular formula is C17H18FNO. The third-order valence-corrected chi connectivity index (χ3v) is 3.44. The SMILES string of the molecule is Cc1cccc(C(=O)NCCc2cccc(F)c2)c1C. The Labute approximate surface area is 118 Å². The van der Waals surface area contributed by atoms with Crippen LogP contribution in [-0.4, -0.2) is 12.5 Å². The number of aryl methyl sites for hydroxylation is 1. The summed E-state index contributed by atoms with van der Waals surface area (Å²) in [6.07, 6.45) is 0.619. The van der Waals surface area contributed by atoms with Gasteiger partial charge in [0, 0.05) is 12.1 Å². The van der Waals surface area contributed by atoms with Crippen molar-refractivity contribution in [1.82, 2.24) is 5.32 Å². The molecule has 0 aromatic heterocycles. The number of rotatable bonds is 4. The van der Waals surface area contributed by atoms with Crippen LogP contribution < -0.4 is 5.32 Å². The molecule has 0 radical (unpaired) electrons. The Balaban J connectivity index is 1.94. The van der Waals surface area contributed by atoms with E-state index < -0.39 is 0 Å². The van der Waals surface area contributed by atoms with E-state index in [0.717, 1.165) is 16.7 Å². The van der Waals surface area contributed by atoms with Gasteiger partial charge in [-0.2, -0.15) is 0 Å². The van der Waals surface area contributed by atoms with Gasteiger partial charge in [-0.05, 0) is 55.2 Å². The third-order valence-electron chi connectivity index (χ3n) is 3.44. The first kappa shape index (κ1) is 14.3. The van der Waals surface area contributed by atoms with Gasteiger partial charge in [0.25, 0.3) is 5.91 Å². The third kappa shape index (κ3) is 3.44. The number of hydrogen-bond donors (Lipinski definition) is 1. The van der Waals surface area contributed by atoms with Crippen LogP contribution in [-0.2, 0) is 6.42 Å². The van der Waals surface area contributed by atoms with Gasteiger partial charge in [-0.3, -0.25) is 4.79 Å². The Bertz CT molecular complexity index is 622. The molecule has 0 bridgehead atoms. The average molecular weight is 271 g/mol. The fourth-order valence-electron chi connectivity index (χ4n) is 2.11. The van der Waals surface area contributed by atoms with Crippen molar-refractivity contribution >= 4 is 5.91 Å². The molecule has 0 aliphatic carbocycles. The summed E-state index contributed by atoms with van der Waals surface area (Å²) in [6.45, 7) is 4.42. The minimum Gasteiger partial charge on any atom is -0.352 e. The van der Waals surface area contributed by atoms with E-state index in [0.29, 0.717) is 18.5 Å². The summed E-state index contributed by atoms with van der Waals surface area (Å²) in [6, 6.07) is 12.1. The smallest absolute Gasteiger partial charge is 0.251 e. The zero-order valence-corrected chi connectivity index (χ0v) is 11.7. The van der Waals surface area contributed by atoms with Crippen LogP contribution in [0.15, 0.2) is 42.5 Å². The summed E-state index contributed by atoms with van der Waals surface area (Å²) >= 11 is 0. The zero-order chi connectivity index (χ0) is 14.5. The number of benzene rings is 2. The maximum Gasteiger partial charge on any atom is 0.251 e. The Morgan fingerprint density at radius 2 is 1.90 bits per heavy atom. The second kappa shape index (κ2) is 6.33. The van der Waals surface area contributed by atoms with Crippen LogP contribution in [0.1, 0.15) is 27.0 Å². The molecule has 20 heavy (non-hydrogen) atoms. The van der Waals surface area contributed by atoms with E-state index in [1.165, 1.54) is 12.1 Å². The number of amides is 1. The van der Waals surface area contributed by atoms with Crippen LogP contribution in [0.4, 0.5) is 4.39 Å². The van der Waals surface area contributed by atoms with E-state index in [-0.39, 0.29) is 11.7 Å². The molecular weight excluding hydrogens is 253 g/mol. The molecule has 2 nitrogen and oxygen atoms in total. The lowest BCUT2D eigenvalue weighted by atomic mass is 10.0. The van der Waals surface area contributed by atoms with Gasteiger partial charge in [0.15, 0.2) is 0 Å². The molecule has 2 aromatic carbocycles. The Hall–Kier alpha value is -2.16. The Morgan fingerprint density at radius 1 is 1.15 bits per heavy atom. The molecule has 0 unspecified atom stereocenters. The highest BCUT2D eigenvalue weighted by molar-refractivity contribution is 5.95. The average Bonchev–Trinajstić information content (AvgIpc) is 2.42. The fraction of sp³-hybridized carbons (Fsp3) is 0.235. The largest absolute Gasteiger partial charge is 0.352 e. The first-order chi connectivity index (χ1) is 9.58. The number of carbonyl (C=O) groups excluding carboxylic acids is 1. The van der Waals surface area contributed by atoms with Crippen LogP contribution in [0.5, 0.6) is 0 Å². The van der Waals surface area contributed by atoms with Crippen molar-refractivity contribution < 1.29 is 9.18 Å². The van der Waals surface area contributed by atoms with Crippen molar-refractivity contribution in [2.24, 2.45) is 0 Å². The van der Waals surface area contributed by atoms with Crippen molar-refractivity contribution in [1.29, 1.82) is 0 Å². The van der Waals surface area contributed by atoms with Crippen LogP contribution in [0.2, 0.25) is 0 Å². The molecule has 0 atom stereocenters. The standard InChI is InChI=1S/C17H18FNO/c1-12-5-3-8-16(13(12)2)17(20)19-10-9-14-6-4-7-15(18)11-14/h3-8,11H,9-10H2,1-2H3,(H,19,20). The maximum absolute atomic E-state index is 13.0. The molecule has 0 aliphatic heterocycles. The second-order valence-corrected chi connectivity index (χ2v) is 4.88. The lowest BCUT2D eigenvalue weighted by molar-refractivity contribution is 0.0953. The van der Waals surface area contributed by atoms with E-state index in [2.05, 4.69) is 5.32 Å². The summed E-state index contributed by atoms with van der Waals surface area (Å²) < 4.78 is 13.0. The molecule has 3 heteroatoms. The van der Waals surface area contributed by atoms with Crippen molar-refractivity contribution in [3.05, 3.63) is 70.5 Å². The highest BCUT2D eigenvalue weighted by Gasteiger charge is 2.09. The van der Waals surface area contributed by atoms with E-state index in [4.69, 9.17) is 0 Å². The van der Waals surface area contributed by atoms with Gasteiger partial charge in [0.1, 0.15) is 5.82 Å².